The molecule has 1 aliphatic heterocycles. The van der Waals surface area contributed by atoms with Gasteiger partial charge >= 0.3 is 0 Å². The van der Waals surface area contributed by atoms with E-state index in [1.165, 1.54) is 6.92 Å². The van der Waals surface area contributed by atoms with Crippen molar-refractivity contribution in [2.24, 2.45) is 0 Å². The summed E-state index contributed by atoms with van der Waals surface area (Å²) >= 11 is 5.86. The zero-order chi connectivity index (χ0) is 25.2. The minimum Gasteiger partial charge on any atom is -0.378 e. The molecular formula is C28H28N6OS. The van der Waals surface area contributed by atoms with E-state index in [1.54, 1.807) is 6.20 Å². The van der Waals surface area contributed by atoms with E-state index in [9.17, 15) is 4.79 Å². The van der Waals surface area contributed by atoms with Gasteiger partial charge in [-0.3, -0.25) is 9.78 Å². The Hall–Kier alpha value is -4.17. The van der Waals surface area contributed by atoms with E-state index in [-0.39, 0.29) is 18.0 Å². The molecule has 0 aliphatic carbocycles. The molecule has 5 rings (SSSR count). The molecule has 1 aliphatic rings. The predicted octanol–water partition coefficient (Wildman–Crippen LogP) is 5.07. The molecule has 36 heavy (non-hydrogen) atoms. The molecule has 0 saturated carbocycles. The van der Waals surface area contributed by atoms with E-state index in [1.807, 2.05) is 56.6 Å². The van der Waals surface area contributed by atoms with Gasteiger partial charge in [0.1, 0.15) is 6.04 Å². The molecule has 0 bridgehead atoms. The molecule has 0 radical (unpaired) electrons. The molecule has 1 amide bonds. The van der Waals surface area contributed by atoms with Crippen LogP contribution in [0, 0.1) is 0 Å². The summed E-state index contributed by atoms with van der Waals surface area (Å²) in [5.41, 5.74) is 5.88. The lowest BCUT2D eigenvalue weighted by Gasteiger charge is -2.29. The number of carbonyl (C=O) groups excluding carboxylic acids is 1. The highest BCUT2D eigenvalue weighted by atomic mass is 32.1. The van der Waals surface area contributed by atoms with Crippen LogP contribution in [0.2, 0.25) is 0 Å². The first-order chi connectivity index (χ1) is 17.4. The van der Waals surface area contributed by atoms with Gasteiger partial charge in [-0.2, -0.15) is 0 Å². The Balaban J connectivity index is 1.59. The lowest BCUT2D eigenvalue weighted by Crippen LogP contribution is -2.30. The number of nitrogens with one attached hydrogen (secondary N) is 2. The molecule has 7 nitrogen and oxygen atoms in total. The fourth-order valence-corrected chi connectivity index (χ4v) is 4.97. The molecular weight excluding hydrogens is 468 g/mol. The van der Waals surface area contributed by atoms with Crippen LogP contribution in [0.5, 0.6) is 0 Å². The van der Waals surface area contributed by atoms with Crippen molar-refractivity contribution >= 4 is 40.3 Å². The van der Waals surface area contributed by atoms with Crippen LogP contribution in [-0.4, -0.2) is 34.7 Å². The molecule has 2 N–H and O–H groups in total. The second-order valence-corrected chi connectivity index (χ2v) is 9.33. The smallest absolute Gasteiger partial charge is 0.221 e. The third kappa shape index (κ3) is 4.55. The first kappa shape index (κ1) is 23.6. The van der Waals surface area contributed by atoms with Crippen molar-refractivity contribution in [2.75, 3.05) is 29.2 Å². The molecule has 3 heterocycles. The average Bonchev–Trinajstić information content (AvgIpc) is 3.49. The second-order valence-electron chi connectivity index (χ2n) is 8.94. The maximum Gasteiger partial charge on any atom is 0.221 e. The number of nitrogens with zero attached hydrogens (tertiary/aromatic N) is 4. The highest BCUT2D eigenvalue weighted by Crippen LogP contribution is 2.42. The zero-order valence-corrected chi connectivity index (χ0v) is 21.2. The van der Waals surface area contributed by atoms with Gasteiger partial charge in [0.25, 0.3) is 0 Å². The maximum absolute atomic E-state index is 11.5. The molecule has 0 unspecified atom stereocenters. The number of anilines is 3. The van der Waals surface area contributed by atoms with Crippen LogP contribution < -0.4 is 20.4 Å². The minimum absolute atomic E-state index is 0.104. The van der Waals surface area contributed by atoms with Gasteiger partial charge in [0.15, 0.2) is 5.11 Å². The Kier molecular flexibility index (Phi) is 6.43. The van der Waals surface area contributed by atoms with Crippen LogP contribution in [0.15, 0.2) is 91.3 Å². The van der Waals surface area contributed by atoms with Gasteiger partial charge in [0.05, 0.1) is 11.7 Å². The van der Waals surface area contributed by atoms with Crippen molar-refractivity contribution in [1.29, 1.82) is 0 Å². The highest BCUT2D eigenvalue weighted by molar-refractivity contribution is 7.80. The van der Waals surface area contributed by atoms with E-state index in [0.717, 1.165) is 34.1 Å². The number of benzene rings is 2. The number of carbonyl (C=O) groups is 1. The van der Waals surface area contributed by atoms with E-state index in [4.69, 9.17) is 12.2 Å². The molecule has 2 atom stereocenters. The largest absolute Gasteiger partial charge is 0.378 e. The van der Waals surface area contributed by atoms with Gasteiger partial charge in [0.2, 0.25) is 5.91 Å². The Labute approximate surface area is 216 Å². The summed E-state index contributed by atoms with van der Waals surface area (Å²) in [6.45, 7) is 1.50. The van der Waals surface area contributed by atoms with Crippen LogP contribution in [0.4, 0.5) is 17.1 Å². The Morgan fingerprint density at radius 2 is 1.69 bits per heavy atom. The number of rotatable bonds is 6. The normalized spacial score (nSPS) is 17.1. The van der Waals surface area contributed by atoms with E-state index in [2.05, 4.69) is 72.6 Å². The average molecular weight is 497 g/mol. The van der Waals surface area contributed by atoms with E-state index < -0.39 is 0 Å². The molecule has 1 saturated heterocycles. The minimum atomic E-state index is -0.150. The summed E-state index contributed by atoms with van der Waals surface area (Å²) in [5.74, 6) is -0.104. The third-order valence-corrected chi connectivity index (χ3v) is 6.61. The summed E-state index contributed by atoms with van der Waals surface area (Å²) in [7, 11) is 4.07. The van der Waals surface area contributed by atoms with Crippen LogP contribution in [0.3, 0.4) is 0 Å². The van der Waals surface area contributed by atoms with Crippen LogP contribution >= 0.6 is 12.2 Å². The van der Waals surface area contributed by atoms with Crippen LogP contribution in [-0.2, 0) is 4.79 Å². The summed E-state index contributed by atoms with van der Waals surface area (Å²) in [6, 6.07) is 26.1. The van der Waals surface area contributed by atoms with Gasteiger partial charge in [-0.25, -0.2) is 0 Å². The fraction of sp³-hybridized carbons (Fsp3) is 0.179. The van der Waals surface area contributed by atoms with E-state index >= 15 is 0 Å². The van der Waals surface area contributed by atoms with Gasteiger partial charge in [-0.15, -0.1) is 0 Å². The number of thiocarbonyl (C=S) groups is 1. The summed E-state index contributed by atoms with van der Waals surface area (Å²) in [5, 5.41) is 6.96. The Morgan fingerprint density at radius 1 is 0.972 bits per heavy atom. The number of hydrogen-bond acceptors (Lipinski definition) is 4. The molecule has 8 heteroatoms. The SMILES string of the molecule is CC(=O)Nc1ccc(N2C(=S)N[C@@H](c3ccccn3)[C@H]2c2cccn2-c2ccc(N(C)C)cc2)cc1. The molecule has 2 aromatic heterocycles. The van der Waals surface area contributed by atoms with Gasteiger partial charge in [-0.1, -0.05) is 6.07 Å². The lowest BCUT2D eigenvalue weighted by atomic mass is 10.0. The maximum atomic E-state index is 11.5. The zero-order valence-electron chi connectivity index (χ0n) is 20.4. The summed E-state index contributed by atoms with van der Waals surface area (Å²) in [6.07, 6.45) is 3.88. The van der Waals surface area contributed by atoms with Crippen molar-refractivity contribution in [3.05, 3.63) is 103 Å². The molecule has 182 valence electrons. The Morgan fingerprint density at radius 3 is 2.33 bits per heavy atom. The predicted molar refractivity (Wildman–Crippen MR) is 149 cm³/mol. The van der Waals surface area contributed by atoms with Gasteiger partial charge < -0.3 is 25.0 Å². The molecule has 4 aromatic rings. The molecule has 2 aromatic carbocycles. The molecule has 0 spiro atoms. The topological polar surface area (TPSA) is 65.4 Å². The number of amides is 1. The van der Waals surface area contributed by atoms with Crippen molar-refractivity contribution in [3.63, 3.8) is 0 Å². The quantitative estimate of drug-likeness (QED) is 0.363. The first-order valence-electron chi connectivity index (χ1n) is 11.8. The van der Waals surface area contributed by atoms with Gasteiger partial charge in [-0.05, 0) is 85.0 Å². The standard InChI is InChI=1S/C28H28N6OS/c1-19(35)30-20-9-11-23(12-10-20)34-27(26(31-28(34)36)24-7-4-5-17-29-24)25-8-6-18-33(25)22-15-13-21(14-16-22)32(2)3/h4-18,26-27H,1-3H3,(H,30,35)(H,31,36)/t26-,27+/m0/s1. The van der Waals surface area contributed by atoms with Crippen molar-refractivity contribution in [1.82, 2.24) is 14.9 Å². The Bertz CT molecular complexity index is 1370. The van der Waals surface area contributed by atoms with Crippen molar-refractivity contribution in [3.8, 4) is 5.69 Å². The van der Waals surface area contributed by atoms with Gasteiger partial charge in [0, 0.05) is 61.9 Å². The summed E-state index contributed by atoms with van der Waals surface area (Å²) < 4.78 is 2.20. The monoisotopic (exact) mass is 496 g/mol. The highest BCUT2D eigenvalue weighted by Gasteiger charge is 2.42. The van der Waals surface area contributed by atoms with Crippen LogP contribution in [0.1, 0.15) is 30.4 Å². The van der Waals surface area contributed by atoms with Crippen LogP contribution in [0.25, 0.3) is 5.69 Å². The molecule has 1 fully saturated rings. The first-order valence-corrected chi connectivity index (χ1v) is 12.2. The van der Waals surface area contributed by atoms with Crippen molar-refractivity contribution < 1.29 is 4.79 Å². The number of pyridine rings is 1. The lowest BCUT2D eigenvalue weighted by molar-refractivity contribution is -0.114. The second kappa shape index (κ2) is 9.83. The third-order valence-electron chi connectivity index (χ3n) is 6.29. The number of aromatic nitrogens is 2. The van der Waals surface area contributed by atoms with Crippen molar-refractivity contribution in [2.45, 2.75) is 19.0 Å². The number of hydrogen-bond donors (Lipinski definition) is 2. The fourth-order valence-electron chi connectivity index (χ4n) is 4.62. The summed E-state index contributed by atoms with van der Waals surface area (Å²) in [4.78, 5) is 20.3. The van der Waals surface area contributed by atoms with E-state index in [0.29, 0.717) is 5.11 Å².